The highest BCUT2D eigenvalue weighted by Gasteiger charge is 2.09. The maximum atomic E-state index is 6.24. The van der Waals surface area contributed by atoms with Gasteiger partial charge in [-0.2, -0.15) is 0 Å². The number of hydrogen-bond donors (Lipinski definition) is 1. The van der Waals surface area contributed by atoms with E-state index in [4.69, 9.17) is 5.73 Å². The summed E-state index contributed by atoms with van der Waals surface area (Å²) in [6.45, 7) is 6.16. The summed E-state index contributed by atoms with van der Waals surface area (Å²) in [6.07, 6.45) is 1.78. The fourth-order valence-electron chi connectivity index (χ4n) is 1.98. The third kappa shape index (κ3) is 4.04. The average Bonchev–Trinajstić information content (AvgIpc) is 2.35. The van der Waals surface area contributed by atoms with E-state index in [1.165, 1.54) is 16.7 Å². The Balaban J connectivity index is 2.03. The molecule has 4 heteroatoms. The van der Waals surface area contributed by atoms with E-state index in [1.54, 1.807) is 18.0 Å². The normalized spacial score (nSPS) is 12.4. The van der Waals surface area contributed by atoms with Gasteiger partial charge in [-0.05, 0) is 32.4 Å². The minimum absolute atomic E-state index is 0.00714. The Morgan fingerprint density at radius 1 is 1.16 bits per heavy atom. The van der Waals surface area contributed by atoms with E-state index in [0.29, 0.717) is 0 Å². The monoisotopic (exact) mass is 273 g/mol. The van der Waals surface area contributed by atoms with E-state index >= 15 is 0 Å². The van der Waals surface area contributed by atoms with Crippen LogP contribution in [-0.4, -0.2) is 15.7 Å². The van der Waals surface area contributed by atoms with Crippen molar-refractivity contribution in [1.82, 2.24) is 9.97 Å². The summed E-state index contributed by atoms with van der Waals surface area (Å²) in [5.41, 5.74) is 10.9. The quantitative estimate of drug-likeness (QED) is 0.686. The lowest BCUT2D eigenvalue weighted by Crippen LogP contribution is -2.13. The molecule has 1 aromatic carbocycles. The maximum absolute atomic E-state index is 6.24. The Labute approximate surface area is 118 Å². The largest absolute Gasteiger partial charge is 0.323 e. The number of nitrogens with two attached hydrogens (primary N) is 1. The van der Waals surface area contributed by atoms with Crippen molar-refractivity contribution >= 4 is 11.8 Å². The van der Waals surface area contributed by atoms with Crippen molar-refractivity contribution in [3.05, 3.63) is 52.8 Å². The van der Waals surface area contributed by atoms with Gasteiger partial charge in [-0.15, -0.1) is 0 Å². The van der Waals surface area contributed by atoms with Gasteiger partial charge in [-0.3, -0.25) is 0 Å². The third-order valence-corrected chi connectivity index (χ3v) is 3.82. The molecule has 0 saturated carbocycles. The van der Waals surface area contributed by atoms with Crippen molar-refractivity contribution in [1.29, 1.82) is 0 Å². The minimum atomic E-state index is 0.00714. The molecule has 0 saturated heterocycles. The zero-order valence-electron chi connectivity index (χ0n) is 11.6. The molecule has 0 aliphatic rings. The topological polar surface area (TPSA) is 51.8 Å². The van der Waals surface area contributed by atoms with Crippen LogP contribution in [-0.2, 0) is 0 Å². The molecule has 1 atom stereocenters. The number of thioether (sulfide) groups is 1. The van der Waals surface area contributed by atoms with Gasteiger partial charge in [0.2, 0.25) is 0 Å². The van der Waals surface area contributed by atoms with Gasteiger partial charge in [-0.25, -0.2) is 9.97 Å². The second-order valence-corrected chi connectivity index (χ2v) is 5.81. The Morgan fingerprint density at radius 2 is 1.84 bits per heavy atom. The fraction of sp³-hybridized carbons (Fsp3) is 0.333. The van der Waals surface area contributed by atoms with Crippen LogP contribution in [0.2, 0.25) is 0 Å². The van der Waals surface area contributed by atoms with Crippen LogP contribution in [0.1, 0.15) is 28.4 Å². The van der Waals surface area contributed by atoms with Crippen molar-refractivity contribution in [2.75, 3.05) is 5.75 Å². The molecule has 0 fully saturated rings. The SMILES string of the molecule is Cc1cc(C)cc(C(N)CSc2nccc(C)n2)c1. The molecule has 1 unspecified atom stereocenters. The number of aromatic nitrogens is 2. The molecule has 0 amide bonds. The molecule has 0 aliphatic carbocycles. The van der Waals surface area contributed by atoms with Crippen LogP contribution in [0.5, 0.6) is 0 Å². The molecule has 1 heterocycles. The van der Waals surface area contributed by atoms with Crippen LogP contribution in [0.15, 0.2) is 35.6 Å². The summed E-state index contributed by atoms with van der Waals surface area (Å²) in [5, 5.41) is 0.792. The lowest BCUT2D eigenvalue weighted by molar-refractivity contribution is 0.822. The smallest absolute Gasteiger partial charge is 0.187 e. The lowest BCUT2D eigenvalue weighted by Gasteiger charge is -2.13. The molecule has 3 nitrogen and oxygen atoms in total. The van der Waals surface area contributed by atoms with E-state index < -0.39 is 0 Å². The van der Waals surface area contributed by atoms with Gasteiger partial charge >= 0.3 is 0 Å². The summed E-state index contributed by atoms with van der Waals surface area (Å²) in [4.78, 5) is 8.61. The van der Waals surface area contributed by atoms with Crippen LogP contribution < -0.4 is 5.73 Å². The Bertz CT molecular complexity index is 549. The zero-order chi connectivity index (χ0) is 13.8. The predicted octanol–water partition coefficient (Wildman–Crippen LogP) is 3.19. The van der Waals surface area contributed by atoms with Crippen LogP contribution in [0, 0.1) is 20.8 Å². The molecule has 0 aliphatic heterocycles. The molecule has 2 N–H and O–H groups in total. The summed E-state index contributed by atoms with van der Waals surface area (Å²) in [6, 6.07) is 8.36. The number of aryl methyl sites for hydroxylation is 3. The molecule has 2 aromatic rings. The van der Waals surface area contributed by atoms with Crippen molar-refractivity contribution < 1.29 is 0 Å². The number of hydrogen-bond acceptors (Lipinski definition) is 4. The Hall–Kier alpha value is -1.39. The highest BCUT2D eigenvalue weighted by molar-refractivity contribution is 7.99. The van der Waals surface area contributed by atoms with Crippen LogP contribution in [0.25, 0.3) is 0 Å². The number of rotatable bonds is 4. The predicted molar refractivity (Wildman–Crippen MR) is 80.3 cm³/mol. The van der Waals surface area contributed by atoms with Crippen LogP contribution in [0.4, 0.5) is 0 Å². The molecular weight excluding hydrogens is 254 g/mol. The molecular formula is C15H19N3S. The van der Waals surface area contributed by atoms with E-state index in [9.17, 15) is 0 Å². The van der Waals surface area contributed by atoms with Gasteiger partial charge in [0.05, 0.1) is 0 Å². The van der Waals surface area contributed by atoms with Gasteiger partial charge in [0.1, 0.15) is 0 Å². The molecule has 2 rings (SSSR count). The molecule has 0 spiro atoms. The first kappa shape index (κ1) is 14.0. The summed E-state index contributed by atoms with van der Waals surface area (Å²) in [5.74, 6) is 0.784. The zero-order valence-corrected chi connectivity index (χ0v) is 12.4. The van der Waals surface area contributed by atoms with E-state index in [-0.39, 0.29) is 6.04 Å². The summed E-state index contributed by atoms with van der Waals surface area (Å²) < 4.78 is 0. The molecule has 0 radical (unpaired) electrons. The first-order chi connectivity index (χ1) is 9.04. The second-order valence-electron chi connectivity index (χ2n) is 4.82. The lowest BCUT2D eigenvalue weighted by atomic mass is 10.0. The number of nitrogens with zero attached hydrogens (tertiary/aromatic N) is 2. The van der Waals surface area contributed by atoms with Gasteiger partial charge in [-0.1, -0.05) is 41.1 Å². The highest BCUT2D eigenvalue weighted by atomic mass is 32.2. The molecule has 100 valence electrons. The van der Waals surface area contributed by atoms with E-state index in [0.717, 1.165) is 16.6 Å². The van der Waals surface area contributed by atoms with Crippen molar-refractivity contribution in [3.8, 4) is 0 Å². The molecule has 19 heavy (non-hydrogen) atoms. The Kier molecular flexibility index (Phi) is 4.56. The maximum Gasteiger partial charge on any atom is 0.187 e. The fourth-order valence-corrected chi connectivity index (χ4v) is 2.84. The summed E-state index contributed by atoms with van der Waals surface area (Å²) >= 11 is 1.60. The van der Waals surface area contributed by atoms with Gasteiger partial charge < -0.3 is 5.73 Å². The van der Waals surface area contributed by atoms with Crippen molar-refractivity contribution in [3.63, 3.8) is 0 Å². The van der Waals surface area contributed by atoms with E-state index in [2.05, 4.69) is 42.0 Å². The third-order valence-electron chi connectivity index (χ3n) is 2.84. The van der Waals surface area contributed by atoms with Gasteiger partial charge in [0.25, 0.3) is 0 Å². The van der Waals surface area contributed by atoms with E-state index in [1.807, 2.05) is 13.0 Å². The second kappa shape index (κ2) is 6.17. The van der Waals surface area contributed by atoms with Crippen LogP contribution >= 0.6 is 11.8 Å². The van der Waals surface area contributed by atoms with Gasteiger partial charge in [0.15, 0.2) is 5.16 Å². The number of benzene rings is 1. The Morgan fingerprint density at radius 3 is 2.47 bits per heavy atom. The van der Waals surface area contributed by atoms with Crippen LogP contribution in [0.3, 0.4) is 0 Å². The van der Waals surface area contributed by atoms with Gasteiger partial charge in [0, 0.05) is 23.7 Å². The molecule has 0 bridgehead atoms. The minimum Gasteiger partial charge on any atom is -0.323 e. The standard InChI is InChI=1S/C15H19N3S/c1-10-6-11(2)8-13(7-10)14(16)9-19-15-17-5-4-12(3)18-15/h4-8,14H,9,16H2,1-3H3. The van der Waals surface area contributed by atoms with Crippen molar-refractivity contribution in [2.45, 2.75) is 32.0 Å². The summed E-state index contributed by atoms with van der Waals surface area (Å²) in [7, 11) is 0. The highest BCUT2D eigenvalue weighted by Crippen LogP contribution is 2.22. The first-order valence-corrected chi connectivity index (χ1v) is 7.29. The molecule has 1 aromatic heterocycles. The van der Waals surface area contributed by atoms with Crippen molar-refractivity contribution in [2.24, 2.45) is 5.73 Å². The average molecular weight is 273 g/mol. The first-order valence-electron chi connectivity index (χ1n) is 6.31.